The van der Waals surface area contributed by atoms with Gasteiger partial charge in [0.15, 0.2) is 12.1 Å². The molecule has 0 aliphatic carbocycles. The van der Waals surface area contributed by atoms with Crippen LogP contribution in [-0.2, 0) is 0 Å². The summed E-state index contributed by atoms with van der Waals surface area (Å²) in [6, 6.07) is 3.70. The van der Waals surface area contributed by atoms with Crippen LogP contribution in [-0.4, -0.2) is 22.4 Å². The fourth-order valence-corrected chi connectivity index (χ4v) is 2.22. The van der Waals surface area contributed by atoms with Gasteiger partial charge in [0.1, 0.15) is 5.76 Å². The Kier molecular flexibility index (Phi) is 4.64. The lowest BCUT2D eigenvalue weighted by molar-refractivity contribution is 0.0971. The molecule has 2 aromatic heterocycles. The van der Waals surface area contributed by atoms with Crippen LogP contribution in [0.15, 0.2) is 35.3 Å². The van der Waals surface area contributed by atoms with E-state index in [0.717, 1.165) is 5.69 Å². The zero-order valence-electron chi connectivity index (χ0n) is 13.8. The second kappa shape index (κ2) is 6.30. The first-order valence-electron chi connectivity index (χ1n) is 7.45. The Hall–Kier alpha value is -2.17. The van der Waals surface area contributed by atoms with Crippen LogP contribution in [0.1, 0.15) is 56.8 Å². The highest BCUT2D eigenvalue weighted by atomic mass is 16.3. The van der Waals surface area contributed by atoms with Gasteiger partial charge in [0.25, 0.3) is 5.91 Å². The van der Waals surface area contributed by atoms with Crippen LogP contribution in [0.4, 0.5) is 5.69 Å². The van der Waals surface area contributed by atoms with Gasteiger partial charge in [-0.05, 0) is 17.5 Å². The molecule has 0 saturated carbocycles. The predicted molar refractivity (Wildman–Crippen MR) is 86.0 cm³/mol. The lowest BCUT2D eigenvalue weighted by Gasteiger charge is -2.29. The first-order valence-corrected chi connectivity index (χ1v) is 7.45. The van der Waals surface area contributed by atoms with Crippen molar-refractivity contribution in [2.75, 3.05) is 11.4 Å². The molecular formula is C17H23N3O2. The smallest absolute Gasteiger partial charge is 0.280 e. The van der Waals surface area contributed by atoms with Gasteiger partial charge < -0.3 is 9.32 Å². The Morgan fingerprint density at radius 1 is 1.36 bits per heavy atom. The van der Waals surface area contributed by atoms with Crippen molar-refractivity contribution in [1.82, 2.24) is 9.97 Å². The van der Waals surface area contributed by atoms with Crippen molar-refractivity contribution in [3.8, 4) is 0 Å². The number of nitrogens with zero attached hydrogens (tertiary/aromatic N) is 3. The van der Waals surface area contributed by atoms with E-state index in [2.05, 4.69) is 30.7 Å². The lowest BCUT2D eigenvalue weighted by atomic mass is 9.95. The maximum atomic E-state index is 13.0. The Morgan fingerprint density at radius 3 is 2.64 bits per heavy atom. The van der Waals surface area contributed by atoms with Crippen molar-refractivity contribution < 1.29 is 9.21 Å². The summed E-state index contributed by atoms with van der Waals surface area (Å²) in [7, 11) is 0. The van der Waals surface area contributed by atoms with Gasteiger partial charge in [-0.15, -0.1) is 0 Å². The first-order chi connectivity index (χ1) is 10.3. The molecule has 2 rings (SSSR count). The molecule has 0 spiro atoms. The van der Waals surface area contributed by atoms with E-state index in [9.17, 15) is 4.79 Å². The van der Waals surface area contributed by atoms with Gasteiger partial charge in [-0.2, -0.15) is 0 Å². The number of carbonyl (C=O) groups excluding carboxylic acids is 1. The molecule has 0 aromatic carbocycles. The average Bonchev–Trinajstić information content (AvgIpc) is 2.93. The zero-order chi connectivity index (χ0) is 16.3. The maximum Gasteiger partial charge on any atom is 0.280 e. The summed E-state index contributed by atoms with van der Waals surface area (Å²) in [6.07, 6.45) is 4.72. The minimum absolute atomic E-state index is 0.0484. The van der Waals surface area contributed by atoms with Gasteiger partial charge in [0, 0.05) is 18.7 Å². The molecule has 0 fully saturated rings. The van der Waals surface area contributed by atoms with Crippen LogP contribution in [0.2, 0.25) is 0 Å². The molecule has 0 radical (unpaired) electrons. The Morgan fingerprint density at radius 2 is 2.09 bits per heavy atom. The van der Waals surface area contributed by atoms with Crippen LogP contribution in [0, 0.1) is 5.41 Å². The van der Waals surface area contributed by atoms with E-state index in [4.69, 9.17) is 4.42 Å². The van der Waals surface area contributed by atoms with E-state index in [1.807, 2.05) is 26.0 Å². The molecule has 0 N–H and O–H groups in total. The average molecular weight is 301 g/mol. The van der Waals surface area contributed by atoms with Gasteiger partial charge >= 0.3 is 0 Å². The molecule has 2 aromatic rings. The number of oxazole rings is 1. The summed E-state index contributed by atoms with van der Waals surface area (Å²) >= 11 is 0. The molecule has 2 heterocycles. The third-order valence-corrected chi connectivity index (χ3v) is 3.16. The molecule has 118 valence electrons. The topological polar surface area (TPSA) is 59.2 Å². The molecule has 0 unspecified atom stereocenters. The number of anilines is 1. The van der Waals surface area contributed by atoms with E-state index in [0.29, 0.717) is 18.0 Å². The van der Waals surface area contributed by atoms with E-state index in [1.165, 1.54) is 6.39 Å². The molecule has 22 heavy (non-hydrogen) atoms. The molecule has 5 nitrogen and oxygen atoms in total. The van der Waals surface area contributed by atoms with E-state index >= 15 is 0 Å². The molecular weight excluding hydrogens is 278 g/mol. The van der Waals surface area contributed by atoms with Crippen molar-refractivity contribution in [2.24, 2.45) is 5.41 Å². The van der Waals surface area contributed by atoms with Crippen LogP contribution in [0.5, 0.6) is 0 Å². The molecule has 0 saturated heterocycles. The monoisotopic (exact) mass is 301 g/mol. The quantitative estimate of drug-likeness (QED) is 0.859. The van der Waals surface area contributed by atoms with Gasteiger partial charge in [-0.25, -0.2) is 4.98 Å². The minimum atomic E-state index is -0.152. The van der Waals surface area contributed by atoms with Gasteiger partial charge in [-0.1, -0.05) is 34.6 Å². The normalized spacial score (nSPS) is 11.7. The fraction of sp³-hybridized carbons (Fsp3) is 0.471. The molecule has 1 amide bonds. The number of amides is 1. The molecule has 0 atom stereocenters. The van der Waals surface area contributed by atoms with E-state index in [1.54, 1.807) is 17.3 Å². The van der Waals surface area contributed by atoms with Gasteiger partial charge in [0.05, 0.1) is 11.9 Å². The number of rotatable bonds is 4. The van der Waals surface area contributed by atoms with Gasteiger partial charge in [-0.3, -0.25) is 9.78 Å². The van der Waals surface area contributed by atoms with E-state index < -0.39 is 0 Å². The third kappa shape index (κ3) is 3.72. The Balaban J connectivity index is 2.40. The van der Waals surface area contributed by atoms with Crippen molar-refractivity contribution in [2.45, 2.75) is 40.5 Å². The molecule has 5 heteroatoms. The Bertz CT molecular complexity index is 627. The molecule has 0 bridgehead atoms. The van der Waals surface area contributed by atoms with Crippen molar-refractivity contribution >= 4 is 11.6 Å². The van der Waals surface area contributed by atoms with Crippen LogP contribution in [0.25, 0.3) is 0 Å². The standard InChI is InChI=1S/C17H23N3O2/c1-12(2)15-14(19-11-22-15)16(21)20(10-17(3,4)5)13-7-6-8-18-9-13/h6-9,11-12H,10H2,1-5H3. The fourth-order valence-electron chi connectivity index (χ4n) is 2.22. The third-order valence-electron chi connectivity index (χ3n) is 3.16. The van der Waals surface area contributed by atoms with E-state index in [-0.39, 0.29) is 17.2 Å². The van der Waals surface area contributed by atoms with Crippen LogP contribution < -0.4 is 4.90 Å². The highest BCUT2D eigenvalue weighted by molar-refractivity contribution is 6.05. The Labute approximate surface area is 131 Å². The minimum Gasteiger partial charge on any atom is -0.447 e. The first kappa shape index (κ1) is 16.2. The zero-order valence-corrected chi connectivity index (χ0v) is 13.8. The van der Waals surface area contributed by atoms with Gasteiger partial charge in [0.2, 0.25) is 0 Å². The summed E-state index contributed by atoms with van der Waals surface area (Å²) in [5.41, 5.74) is 1.09. The lowest BCUT2D eigenvalue weighted by Crippen LogP contribution is -2.38. The summed E-state index contributed by atoms with van der Waals surface area (Å²) in [6.45, 7) is 10.8. The number of hydrogen-bond donors (Lipinski definition) is 0. The molecule has 0 aliphatic heterocycles. The molecule has 0 aliphatic rings. The summed E-state index contributed by atoms with van der Waals surface area (Å²) in [5.74, 6) is 0.569. The van der Waals surface area contributed by atoms with Crippen LogP contribution in [0.3, 0.4) is 0 Å². The number of hydrogen-bond acceptors (Lipinski definition) is 4. The predicted octanol–water partition coefficient (Wildman–Crippen LogP) is 3.89. The highest BCUT2D eigenvalue weighted by Gasteiger charge is 2.28. The second-order valence-corrected chi connectivity index (χ2v) is 6.88. The second-order valence-electron chi connectivity index (χ2n) is 6.88. The summed E-state index contributed by atoms with van der Waals surface area (Å²) in [4.78, 5) is 23.0. The summed E-state index contributed by atoms with van der Waals surface area (Å²) in [5, 5.41) is 0. The maximum absolute atomic E-state index is 13.0. The largest absolute Gasteiger partial charge is 0.447 e. The SMILES string of the molecule is CC(C)c1ocnc1C(=O)N(CC(C)(C)C)c1cccnc1. The highest BCUT2D eigenvalue weighted by Crippen LogP contribution is 2.25. The summed E-state index contributed by atoms with van der Waals surface area (Å²) < 4.78 is 5.39. The van der Waals surface area contributed by atoms with Crippen molar-refractivity contribution in [1.29, 1.82) is 0 Å². The van der Waals surface area contributed by atoms with Crippen molar-refractivity contribution in [3.63, 3.8) is 0 Å². The number of pyridine rings is 1. The number of carbonyl (C=O) groups is 1. The van der Waals surface area contributed by atoms with Crippen LogP contribution >= 0.6 is 0 Å². The number of aromatic nitrogens is 2. The van der Waals surface area contributed by atoms with Crippen molar-refractivity contribution in [3.05, 3.63) is 42.4 Å².